The summed E-state index contributed by atoms with van der Waals surface area (Å²) in [7, 11) is 0. The highest BCUT2D eigenvalue weighted by Gasteiger charge is 2.47. The number of nitrogens with zero attached hydrogens (tertiary/aromatic N) is 3. The topological polar surface area (TPSA) is 77.2 Å². The molecule has 2 heterocycles. The Bertz CT molecular complexity index is 652. The number of hydrogen-bond donors (Lipinski definition) is 1. The number of hydrogen-bond acceptors (Lipinski definition) is 5. The number of aliphatic hydroxyl groups is 1. The molecule has 2 rings (SSSR count). The third-order valence-electron chi connectivity index (χ3n) is 3.15. The van der Waals surface area contributed by atoms with Gasteiger partial charge in [-0.15, -0.1) is 0 Å². The molecule has 0 aliphatic heterocycles. The van der Waals surface area contributed by atoms with Crippen molar-refractivity contribution >= 4 is 17.4 Å². The van der Waals surface area contributed by atoms with E-state index in [0.717, 1.165) is 0 Å². The summed E-state index contributed by atoms with van der Waals surface area (Å²) in [4.78, 5) is 20.8. The Morgan fingerprint density at radius 3 is 2.45 bits per heavy atom. The van der Waals surface area contributed by atoms with Crippen molar-refractivity contribution in [3.05, 3.63) is 42.2 Å². The summed E-state index contributed by atoms with van der Waals surface area (Å²) in [5.74, 6) is 0.111. The Kier molecular flexibility index (Phi) is 4.53. The highest BCUT2D eigenvalue weighted by Crippen LogP contribution is 2.32. The quantitative estimate of drug-likeness (QED) is 0.913. The van der Waals surface area contributed by atoms with Gasteiger partial charge < -0.3 is 9.84 Å². The van der Waals surface area contributed by atoms with E-state index in [4.69, 9.17) is 16.3 Å². The SMILES string of the molecule is CC(C)(C)C(=O)[C@](CO)(Oc1ccncc1)n1cnc(Cl)c1. The van der Waals surface area contributed by atoms with Gasteiger partial charge in [-0.3, -0.25) is 14.3 Å². The number of aliphatic hydroxyl groups excluding tert-OH is 1. The summed E-state index contributed by atoms with van der Waals surface area (Å²) in [6.45, 7) is 4.72. The van der Waals surface area contributed by atoms with Crippen molar-refractivity contribution in [3.63, 3.8) is 0 Å². The molecule has 0 aromatic carbocycles. The molecule has 0 saturated carbocycles. The number of carbonyl (C=O) groups excluding carboxylic acids is 1. The molecular weight excluding hydrogens is 306 g/mol. The average molecular weight is 324 g/mol. The molecule has 0 amide bonds. The van der Waals surface area contributed by atoms with Gasteiger partial charge in [-0.2, -0.15) is 0 Å². The van der Waals surface area contributed by atoms with Gasteiger partial charge in [0, 0.05) is 24.0 Å². The lowest BCUT2D eigenvalue weighted by Gasteiger charge is -2.36. The molecule has 2 aromatic heterocycles. The third-order valence-corrected chi connectivity index (χ3v) is 3.35. The van der Waals surface area contributed by atoms with E-state index < -0.39 is 17.7 Å². The first-order valence-electron chi connectivity index (χ1n) is 6.74. The van der Waals surface area contributed by atoms with Crippen LogP contribution >= 0.6 is 11.6 Å². The largest absolute Gasteiger partial charge is 0.457 e. The van der Waals surface area contributed by atoms with E-state index in [-0.39, 0.29) is 10.9 Å². The summed E-state index contributed by atoms with van der Waals surface area (Å²) in [5.41, 5.74) is -2.38. The van der Waals surface area contributed by atoms with E-state index in [2.05, 4.69) is 9.97 Å². The smallest absolute Gasteiger partial charge is 0.270 e. The van der Waals surface area contributed by atoms with Crippen LogP contribution in [0.4, 0.5) is 0 Å². The molecule has 1 atom stereocenters. The number of pyridine rings is 1. The summed E-state index contributed by atoms with van der Waals surface area (Å²) in [5, 5.41) is 10.2. The van der Waals surface area contributed by atoms with Crippen molar-refractivity contribution in [2.45, 2.75) is 26.5 Å². The van der Waals surface area contributed by atoms with E-state index in [1.54, 1.807) is 45.3 Å². The van der Waals surface area contributed by atoms with Crippen molar-refractivity contribution in [2.75, 3.05) is 6.61 Å². The maximum absolute atomic E-state index is 12.9. The van der Waals surface area contributed by atoms with Crippen molar-refractivity contribution in [3.8, 4) is 5.75 Å². The van der Waals surface area contributed by atoms with E-state index in [0.29, 0.717) is 5.75 Å². The van der Waals surface area contributed by atoms with E-state index in [9.17, 15) is 9.90 Å². The van der Waals surface area contributed by atoms with Crippen LogP contribution in [0, 0.1) is 5.41 Å². The minimum Gasteiger partial charge on any atom is -0.457 e. The number of Topliss-reactive ketones (excluding diaryl/α,β-unsaturated/α-hetero) is 1. The van der Waals surface area contributed by atoms with Crippen LogP contribution in [-0.2, 0) is 10.5 Å². The fraction of sp³-hybridized carbons (Fsp3) is 0.400. The molecule has 0 fully saturated rings. The standard InChI is InChI=1S/C15H18ClN3O3/c1-14(2,3)13(21)15(9-20,19-8-12(16)18-10-19)22-11-4-6-17-7-5-11/h4-8,10,20H,9H2,1-3H3/t15-/m0/s1. The number of rotatable bonds is 5. The van der Waals surface area contributed by atoms with Crippen LogP contribution < -0.4 is 4.74 Å². The highest BCUT2D eigenvalue weighted by atomic mass is 35.5. The van der Waals surface area contributed by atoms with Gasteiger partial charge in [0.05, 0.1) is 0 Å². The summed E-state index contributed by atoms with van der Waals surface area (Å²) in [6.07, 6.45) is 5.89. The lowest BCUT2D eigenvalue weighted by atomic mass is 9.84. The third kappa shape index (κ3) is 3.13. The molecule has 0 aliphatic rings. The Morgan fingerprint density at radius 1 is 1.36 bits per heavy atom. The maximum atomic E-state index is 12.9. The first-order chi connectivity index (χ1) is 10.3. The predicted octanol–water partition coefficient (Wildman–Crippen LogP) is 2.27. The normalized spacial score (nSPS) is 14.4. The fourth-order valence-corrected chi connectivity index (χ4v) is 2.23. The summed E-state index contributed by atoms with van der Waals surface area (Å²) in [6, 6.07) is 3.22. The second kappa shape index (κ2) is 6.06. The number of halogens is 1. The number of ketones is 1. The first kappa shape index (κ1) is 16.5. The molecule has 0 saturated heterocycles. The van der Waals surface area contributed by atoms with Crippen LogP contribution in [0.2, 0.25) is 5.15 Å². The maximum Gasteiger partial charge on any atom is 0.270 e. The van der Waals surface area contributed by atoms with Crippen LogP contribution in [-0.4, -0.2) is 32.0 Å². The molecule has 1 N–H and O–H groups in total. The summed E-state index contributed by atoms with van der Waals surface area (Å²) >= 11 is 5.85. The van der Waals surface area contributed by atoms with Crippen LogP contribution in [0.25, 0.3) is 0 Å². The van der Waals surface area contributed by atoms with Crippen LogP contribution in [0.5, 0.6) is 5.75 Å². The summed E-state index contributed by atoms with van der Waals surface area (Å²) < 4.78 is 7.26. The second-order valence-electron chi connectivity index (χ2n) is 5.91. The lowest BCUT2D eigenvalue weighted by Crippen LogP contribution is -2.54. The van der Waals surface area contributed by atoms with Gasteiger partial charge in [0.2, 0.25) is 5.78 Å². The van der Waals surface area contributed by atoms with Crippen molar-refractivity contribution in [1.29, 1.82) is 0 Å². The van der Waals surface area contributed by atoms with Gasteiger partial charge in [0.25, 0.3) is 5.72 Å². The molecule has 22 heavy (non-hydrogen) atoms. The number of ether oxygens (including phenoxy) is 1. The fourth-order valence-electron chi connectivity index (χ4n) is 2.09. The zero-order chi connectivity index (χ0) is 16.4. The van der Waals surface area contributed by atoms with Gasteiger partial charge in [0.1, 0.15) is 23.8 Å². The molecule has 7 heteroatoms. The molecule has 2 aromatic rings. The lowest BCUT2D eigenvalue weighted by molar-refractivity contribution is -0.158. The zero-order valence-corrected chi connectivity index (χ0v) is 13.4. The highest BCUT2D eigenvalue weighted by molar-refractivity contribution is 6.29. The minimum atomic E-state index is -1.64. The molecule has 0 bridgehead atoms. The van der Waals surface area contributed by atoms with Crippen molar-refractivity contribution in [1.82, 2.24) is 14.5 Å². The van der Waals surface area contributed by atoms with Crippen LogP contribution in [0.3, 0.4) is 0 Å². The van der Waals surface area contributed by atoms with Gasteiger partial charge in [-0.05, 0) is 12.1 Å². The van der Waals surface area contributed by atoms with E-state index >= 15 is 0 Å². The molecule has 0 unspecified atom stereocenters. The molecule has 0 spiro atoms. The Labute approximate surface area is 133 Å². The first-order valence-corrected chi connectivity index (χ1v) is 7.12. The number of imidazole rings is 1. The minimum absolute atomic E-state index is 0.206. The number of aromatic nitrogens is 3. The van der Waals surface area contributed by atoms with Gasteiger partial charge in [-0.25, -0.2) is 4.98 Å². The molecule has 0 radical (unpaired) electrons. The predicted molar refractivity (Wildman–Crippen MR) is 81.6 cm³/mol. The molecule has 6 nitrogen and oxygen atoms in total. The van der Waals surface area contributed by atoms with Crippen molar-refractivity contribution < 1.29 is 14.6 Å². The zero-order valence-electron chi connectivity index (χ0n) is 12.7. The average Bonchev–Trinajstić information content (AvgIpc) is 2.91. The van der Waals surface area contributed by atoms with Gasteiger partial charge >= 0.3 is 0 Å². The molecule has 0 aliphatic carbocycles. The van der Waals surface area contributed by atoms with Crippen LogP contribution in [0.1, 0.15) is 20.8 Å². The Morgan fingerprint density at radius 2 is 2.00 bits per heavy atom. The van der Waals surface area contributed by atoms with E-state index in [1.807, 2.05) is 0 Å². The van der Waals surface area contributed by atoms with E-state index in [1.165, 1.54) is 17.1 Å². The molecule has 118 valence electrons. The van der Waals surface area contributed by atoms with Gasteiger partial charge in [0.15, 0.2) is 0 Å². The van der Waals surface area contributed by atoms with Crippen LogP contribution in [0.15, 0.2) is 37.1 Å². The van der Waals surface area contributed by atoms with Crippen molar-refractivity contribution in [2.24, 2.45) is 5.41 Å². The Hall–Kier alpha value is -1.92. The number of carbonyl (C=O) groups is 1. The second-order valence-corrected chi connectivity index (χ2v) is 6.30. The monoisotopic (exact) mass is 323 g/mol. The Balaban J connectivity index is 2.54. The molecular formula is C15H18ClN3O3. The van der Waals surface area contributed by atoms with Gasteiger partial charge in [-0.1, -0.05) is 32.4 Å².